The van der Waals surface area contributed by atoms with E-state index >= 15 is 0 Å². The number of rotatable bonds is 6. The van der Waals surface area contributed by atoms with Gasteiger partial charge >= 0.3 is 5.97 Å². The highest BCUT2D eigenvalue weighted by Gasteiger charge is 2.35. The largest absolute Gasteiger partial charge is 0.496 e. The number of halogens is 1. The molecule has 0 aromatic heterocycles. The summed E-state index contributed by atoms with van der Waals surface area (Å²) in [5.41, 5.74) is 1.73. The van der Waals surface area contributed by atoms with Crippen molar-refractivity contribution in [3.8, 4) is 11.5 Å². The van der Waals surface area contributed by atoms with Crippen molar-refractivity contribution in [3.05, 3.63) is 33.4 Å². The van der Waals surface area contributed by atoms with Crippen LogP contribution in [0.1, 0.15) is 56.9 Å². The highest BCUT2D eigenvalue weighted by Crippen LogP contribution is 2.42. The fourth-order valence-corrected chi connectivity index (χ4v) is 4.70. The minimum atomic E-state index is -0.459. The molecule has 158 valence electrons. The van der Waals surface area contributed by atoms with Crippen LogP contribution in [-0.4, -0.2) is 32.7 Å². The highest BCUT2D eigenvalue weighted by molar-refractivity contribution is 9.10. The summed E-state index contributed by atoms with van der Waals surface area (Å²) in [7, 11) is 3.14. The summed E-state index contributed by atoms with van der Waals surface area (Å²) in [5.74, 6) is 0.650. The van der Waals surface area contributed by atoms with Crippen LogP contribution in [0.3, 0.4) is 0 Å². The molecule has 1 aliphatic heterocycles. The number of hydrogen-bond donors (Lipinski definition) is 1. The molecule has 2 aliphatic rings. The Bertz CT molecular complexity index is 814. The van der Waals surface area contributed by atoms with E-state index in [0.29, 0.717) is 35.3 Å². The maximum absolute atomic E-state index is 13.0. The van der Waals surface area contributed by atoms with Crippen molar-refractivity contribution >= 4 is 27.8 Å². The minimum Gasteiger partial charge on any atom is -0.496 e. The number of ether oxygens (including phenoxy) is 3. The van der Waals surface area contributed by atoms with Gasteiger partial charge in [0.15, 0.2) is 0 Å². The van der Waals surface area contributed by atoms with Gasteiger partial charge in [-0.15, -0.1) is 0 Å². The lowest BCUT2D eigenvalue weighted by molar-refractivity contribution is -0.141. The van der Waals surface area contributed by atoms with Crippen molar-refractivity contribution in [1.29, 1.82) is 0 Å². The SMILES string of the molecule is COc1cc(C2CC(=O)NC(C)=C2C(=O)OCC2CCCCC2)c(OC)cc1Br. The van der Waals surface area contributed by atoms with Gasteiger partial charge in [-0.25, -0.2) is 4.79 Å². The van der Waals surface area contributed by atoms with Crippen molar-refractivity contribution in [2.24, 2.45) is 5.92 Å². The number of carbonyl (C=O) groups is 2. The molecule has 1 aromatic carbocycles. The monoisotopic (exact) mass is 465 g/mol. The van der Waals surface area contributed by atoms with Gasteiger partial charge in [-0.3, -0.25) is 4.79 Å². The fraction of sp³-hybridized carbons (Fsp3) is 0.545. The zero-order valence-corrected chi connectivity index (χ0v) is 18.8. The van der Waals surface area contributed by atoms with Gasteiger partial charge in [-0.05, 0) is 53.7 Å². The number of nitrogens with one attached hydrogen (secondary N) is 1. The van der Waals surface area contributed by atoms with Crippen LogP contribution in [-0.2, 0) is 14.3 Å². The zero-order valence-electron chi connectivity index (χ0n) is 17.2. The quantitative estimate of drug-likeness (QED) is 0.627. The van der Waals surface area contributed by atoms with E-state index in [4.69, 9.17) is 14.2 Å². The third-order valence-corrected chi connectivity index (χ3v) is 6.36. The average molecular weight is 466 g/mol. The van der Waals surface area contributed by atoms with Crippen LogP contribution in [0.4, 0.5) is 0 Å². The molecule has 0 spiro atoms. The number of esters is 1. The summed E-state index contributed by atoms with van der Waals surface area (Å²) in [6.07, 6.45) is 5.99. The van der Waals surface area contributed by atoms with Crippen LogP contribution in [0, 0.1) is 5.92 Å². The van der Waals surface area contributed by atoms with Gasteiger partial charge in [0.05, 0.1) is 30.9 Å². The predicted molar refractivity (Wildman–Crippen MR) is 113 cm³/mol. The van der Waals surface area contributed by atoms with Crippen LogP contribution in [0.25, 0.3) is 0 Å². The lowest BCUT2D eigenvalue weighted by Gasteiger charge is -2.29. The van der Waals surface area contributed by atoms with Gasteiger partial charge in [0.25, 0.3) is 0 Å². The third kappa shape index (κ3) is 4.94. The van der Waals surface area contributed by atoms with Gasteiger partial charge < -0.3 is 19.5 Å². The molecule has 6 nitrogen and oxygen atoms in total. The first-order chi connectivity index (χ1) is 13.9. The van der Waals surface area contributed by atoms with Gasteiger partial charge in [0.1, 0.15) is 11.5 Å². The summed E-state index contributed by atoms with van der Waals surface area (Å²) in [4.78, 5) is 25.3. The molecule has 1 heterocycles. The molecular weight excluding hydrogens is 438 g/mol. The smallest absolute Gasteiger partial charge is 0.336 e. The number of methoxy groups -OCH3 is 2. The first-order valence-electron chi connectivity index (χ1n) is 10.0. The lowest BCUT2D eigenvalue weighted by Crippen LogP contribution is -2.34. The molecule has 1 aromatic rings. The Balaban J connectivity index is 1.90. The van der Waals surface area contributed by atoms with Crippen molar-refractivity contribution in [3.63, 3.8) is 0 Å². The van der Waals surface area contributed by atoms with Crippen molar-refractivity contribution < 1.29 is 23.8 Å². The third-order valence-electron chi connectivity index (χ3n) is 5.74. The van der Waals surface area contributed by atoms with E-state index in [0.717, 1.165) is 22.9 Å². The molecule has 7 heteroatoms. The first kappa shape index (κ1) is 21.7. The maximum atomic E-state index is 13.0. The molecule has 1 unspecified atom stereocenters. The molecule has 3 rings (SSSR count). The second-order valence-corrected chi connectivity index (χ2v) is 8.53. The Morgan fingerprint density at radius 2 is 1.83 bits per heavy atom. The molecule has 0 radical (unpaired) electrons. The maximum Gasteiger partial charge on any atom is 0.336 e. The van der Waals surface area contributed by atoms with Gasteiger partial charge in [0, 0.05) is 23.6 Å². The molecule has 1 atom stereocenters. The molecule has 1 fully saturated rings. The van der Waals surface area contributed by atoms with Crippen molar-refractivity contribution in [2.45, 2.75) is 51.4 Å². The van der Waals surface area contributed by atoms with Crippen LogP contribution in [0.5, 0.6) is 11.5 Å². The van der Waals surface area contributed by atoms with Crippen molar-refractivity contribution in [2.75, 3.05) is 20.8 Å². The molecule has 1 amide bonds. The Hall–Kier alpha value is -2.02. The summed E-state index contributed by atoms with van der Waals surface area (Å²) < 4.78 is 17.4. The summed E-state index contributed by atoms with van der Waals surface area (Å²) >= 11 is 3.46. The van der Waals surface area contributed by atoms with Crippen LogP contribution >= 0.6 is 15.9 Å². The van der Waals surface area contributed by atoms with E-state index in [2.05, 4.69) is 21.2 Å². The Morgan fingerprint density at radius 1 is 1.14 bits per heavy atom. The number of hydrogen-bond acceptors (Lipinski definition) is 5. The zero-order chi connectivity index (χ0) is 21.0. The summed E-state index contributed by atoms with van der Waals surface area (Å²) in [6, 6.07) is 3.61. The first-order valence-corrected chi connectivity index (χ1v) is 10.8. The highest BCUT2D eigenvalue weighted by atomic mass is 79.9. The van der Waals surface area contributed by atoms with Gasteiger partial charge in [-0.1, -0.05) is 19.3 Å². The number of benzene rings is 1. The van der Waals surface area contributed by atoms with E-state index in [9.17, 15) is 9.59 Å². The van der Waals surface area contributed by atoms with Crippen molar-refractivity contribution in [1.82, 2.24) is 5.32 Å². The number of amides is 1. The van der Waals surface area contributed by atoms with E-state index in [1.165, 1.54) is 19.3 Å². The summed E-state index contributed by atoms with van der Waals surface area (Å²) in [6.45, 7) is 2.17. The fourth-order valence-electron chi connectivity index (χ4n) is 4.22. The lowest BCUT2D eigenvalue weighted by atomic mass is 9.83. The minimum absolute atomic E-state index is 0.139. The van der Waals surface area contributed by atoms with Gasteiger partial charge in [0.2, 0.25) is 5.91 Å². The molecule has 0 saturated heterocycles. The van der Waals surface area contributed by atoms with Gasteiger partial charge in [-0.2, -0.15) is 0 Å². The van der Waals surface area contributed by atoms with Crippen LogP contribution < -0.4 is 14.8 Å². The molecule has 1 saturated carbocycles. The van der Waals surface area contributed by atoms with Crippen LogP contribution in [0.15, 0.2) is 27.9 Å². The standard InChI is InChI=1S/C22H28BrNO5/c1-13-21(22(26)29-12-14-7-5-4-6-8-14)16(10-20(25)24-13)15-9-19(28-3)17(23)11-18(15)27-2/h9,11,14,16H,4-8,10,12H2,1-3H3,(H,24,25). The molecule has 1 N–H and O–H groups in total. The molecule has 0 bridgehead atoms. The van der Waals surface area contributed by atoms with E-state index in [1.807, 2.05) is 6.07 Å². The average Bonchev–Trinajstić information content (AvgIpc) is 2.72. The topological polar surface area (TPSA) is 73.9 Å². The normalized spacial score (nSPS) is 20.3. The van der Waals surface area contributed by atoms with Crippen LogP contribution in [0.2, 0.25) is 0 Å². The number of allylic oxidation sites excluding steroid dienone is 1. The number of carbonyl (C=O) groups excluding carboxylic acids is 2. The van der Waals surface area contributed by atoms with E-state index in [-0.39, 0.29) is 18.3 Å². The Kier molecular flexibility index (Phi) is 7.22. The molecule has 1 aliphatic carbocycles. The summed E-state index contributed by atoms with van der Waals surface area (Å²) in [5, 5.41) is 2.78. The predicted octanol–water partition coefficient (Wildman–Crippen LogP) is 4.47. The van der Waals surface area contributed by atoms with E-state index < -0.39 is 5.92 Å². The molecular formula is C22H28BrNO5. The Labute approximate surface area is 180 Å². The Morgan fingerprint density at radius 3 is 2.48 bits per heavy atom. The second-order valence-electron chi connectivity index (χ2n) is 7.67. The second kappa shape index (κ2) is 9.65. The molecule has 29 heavy (non-hydrogen) atoms. The van der Waals surface area contributed by atoms with E-state index in [1.54, 1.807) is 27.2 Å².